The Hall–Kier alpha value is -4.32. The molecule has 1 amide bonds. The van der Waals surface area contributed by atoms with Gasteiger partial charge in [-0.2, -0.15) is 0 Å². The van der Waals surface area contributed by atoms with Gasteiger partial charge in [0.05, 0.1) is 18.8 Å². The molecule has 0 bridgehead atoms. The lowest BCUT2D eigenvalue weighted by atomic mass is 9.85. The minimum atomic E-state index is -0.930. The summed E-state index contributed by atoms with van der Waals surface area (Å²) >= 11 is 0. The fourth-order valence-corrected chi connectivity index (χ4v) is 4.75. The maximum Gasteiger partial charge on any atom is 0.335 e. The highest BCUT2D eigenvalue weighted by molar-refractivity contribution is 5.88. The van der Waals surface area contributed by atoms with E-state index in [1.807, 2.05) is 30.3 Å². The second kappa shape index (κ2) is 12.5. The number of amides is 1. The van der Waals surface area contributed by atoms with E-state index < -0.39 is 5.97 Å². The van der Waals surface area contributed by atoms with Gasteiger partial charge in [0.2, 0.25) is 5.91 Å². The number of carboxylic acid groups (broad SMARTS) is 1. The third-order valence-electron chi connectivity index (χ3n) is 7.26. The molecule has 0 spiro atoms. The maximum absolute atomic E-state index is 12.1. The van der Waals surface area contributed by atoms with Crippen LogP contribution in [-0.4, -0.2) is 36.7 Å². The van der Waals surface area contributed by atoms with Gasteiger partial charge >= 0.3 is 5.97 Å². The number of nitrogens with one attached hydrogen (secondary N) is 1. The minimum absolute atomic E-state index is 0.191. The summed E-state index contributed by atoms with van der Waals surface area (Å²) in [6.45, 7) is 1.72. The van der Waals surface area contributed by atoms with Crippen LogP contribution >= 0.6 is 0 Å². The van der Waals surface area contributed by atoms with Gasteiger partial charge in [-0.3, -0.25) is 4.79 Å². The molecular weight excluding hydrogens is 490 g/mol. The van der Waals surface area contributed by atoms with Crippen molar-refractivity contribution in [1.82, 2.24) is 5.32 Å². The largest absolute Gasteiger partial charge is 0.493 e. The Morgan fingerprint density at radius 2 is 1.49 bits per heavy atom. The standard InChI is InChI=1S/C33H33NO5/c35-32(27-6-2-7-27)34-19-18-26-5-1-4-25-14-17-30(22-31(25)26)39-21-3-20-38-29-15-12-24(13-16-29)23-8-10-28(11-9-23)33(36)37/h1,4-5,8-17,22,27H,2-3,6-7,18-21H2,(H,34,35)(H,36,37). The van der Waals surface area contributed by atoms with Gasteiger partial charge in [0.15, 0.2) is 0 Å². The van der Waals surface area contributed by atoms with Gasteiger partial charge in [0.1, 0.15) is 11.5 Å². The summed E-state index contributed by atoms with van der Waals surface area (Å²) in [6.07, 6.45) is 4.73. The fourth-order valence-electron chi connectivity index (χ4n) is 4.75. The average Bonchev–Trinajstić information content (AvgIpc) is 2.92. The Morgan fingerprint density at radius 1 is 0.821 bits per heavy atom. The van der Waals surface area contributed by atoms with E-state index in [2.05, 4.69) is 35.6 Å². The van der Waals surface area contributed by atoms with Crippen LogP contribution in [0.15, 0.2) is 84.9 Å². The van der Waals surface area contributed by atoms with E-state index in [4.69, 9.17) is 14.6 Å². The zero-order valence-corrected chi connectivity index (χ0v) is 21.9. The lowest BCUT2D eigenvalue weighted by Crippen LogP contribution is -2.35. The zero-order chi connectivity index (χ0) is 27.0. The van der Waals surface area contributed by atoms with Gasteiger partial charge in [-0.1, -0.05) is 55.0 Å². The summed E-state index contributed by atoms with van der Waals surface area (Å²) in [4.78, 5) is 23.2. The molecule has 0 unspecified atom stereocenters. The van der Waals surface area contributed by atoms with Crippen molar-refractivity contribution in [1.29, 1.82) is 0 Å². The SMILES string of the molecule is O=C(O)c1ccc(-c2ccc(OCCCOc3ccc4cccc(CCNC(=O)C5CCC5)c4c3)cc2)cc1. The second-order valence-corrected chi connectivity index (χ2v) is 9.93. The predicted molar refractivity (Wildman–Crippen MR) is 152 cm³/mol. The molecule has 1 aliphatic rings. The number of rotatable bonds is 12. The van der Waals surface area contributed by atoms with E-state index in [0.29, 0.717) is 19.8 Å². The maximum atomic E-state index is 12.1. The third-order valence-corrected chi connectivity index (χ3v) is 7.26. The topological polar surface area (TPSA) is 84.9 Å². The molecule has 200 valence electrons. The van der Waals surface area contributed by atoms with Crippen molar-refractivity contribution >= 4 is 22.6 Å². The summed E-state index contributed by atoms with van der Waals surface area (Å²) in [6, 6.07) is 27.0. The molecule has 6 heteroatoms. The molecule has 1 fully saturated rings. The first-order chi connectivity index (χ1) is 19.1. The highest BCUT2D eigenvalue weighted by Crippen LogP contribution is 2.27. The van der Waals surface area contributed by atoms with E-state index in [-0.39, 0.29) is 17.4 Å². The molecule has 2 N–H and O–H groups in total. The molecule has 0 radical (unpaired) electrons. The van der Waals surface area contributed by atoms with Crippen molar-refractivity contribution in [2.24, 2.45) is 5.92 Å². The average molecular weight is 524 g/mol. The van der Waals surface area contributed by atoms with Crippen molar-refractivity contribution in [3.63, 3.8) is 0 Å². The molecule has 0 atom stereocenters. The molecule has 39 heavy (non-hydrogen) atoms. The van der Waals surface area contributed by atoms with Crippen molar-refractivity contribution in [3.05, 3.63) is 96.1 Å². The van der Waals surface area contributed by atoms with Crippen LogP contribution in [0.3, 0.4) is 0 Å². The molecule has 4 aromatic rings. The number of aromatic carboxylic acids is 1. The number of carbonyl (C=O) groups excluding carboxylic acids is 1. The fraction of sp³-hybridized carbons (Fsp3) is 0.273. The van der Waals surface area contributed by atoms with E-state index >= 15 is 0 Å². The predicted octanol–water partition coefficient (Wildman–Crippen LogP) is 6.51. The van der Waals surface area contributed by atoms with E-state index in [9.17, 15) is 9.59 Å². The first-order valence-electron chi connectivity index (χ1n) is 13.6. The lowest BCUT2D eigenvalue weighted by molar-refractivity contribution is -0.127. The van der Waals surface area contributed by atoms with Crippen LogP contribution < -0.4 is 14.8 Å². The molecule has 0 aromatic heterocycles. The first-order valence-corrected chi connectivity index (χ1v) is 13.6. The van der Waals surface area contributed by atoms with Crippen LogP contribution in [0.5, 0.6) is 11.5 Å². The molecular formula is C33H33NO5. The highest BCUT2D eigenvalue weighted by atomic mass is 16.5. The van der Waals surface area contributed by atoms with Gasteiger partial charge in [-0.25, -0.2) is 4.79 Å². The molecule has 0 aliphatic heterocycles. The van der Waals surface area contributed by atoms with Crippen molar-refractivity contribution in [2.45, 2.75) is 32.1 Å². The summed E-state index contributed by atoms with van der Waals surface area (Å²) in [7, 11) is 0. The number of carboxylic acids is 1. The van der Waals surface area contributed by atoms with Crippen LogP contribution in [0.4, 0.5) is 0 Å². The van der Waals surface area contributed by atoms with E-state index in [0.717, 1.165) is 65.5 Å². The van der Waals surface area contributed by atoms with Gasteiger partial charge in [-0.05, 0) is 83.1 Å². The summed E-state index contributed by atoms with van der Waals surface area (Å²) in [5.41, 5.74) is 3.43. The number of hydrogen-bond donors (Lipinski definition) is 2. The van der Waals surface area contributed by atoms with E-state index in [1.165, 1.54) is 5.56 Å². The molecule has 0 heterocycles. The van der Waals surface area contributed by atoms with Gasteiger partial charge in [0, 0.05) is 18.9 Å². The summed E-state index contributed by atoms with van der Waals surface area (Å²) in [5.74, 6) is 1.08. The Labute approximate surface area is 228 Å². The molecule has 1 saturated carbocycles. The molecule has 5 rings (SSSR count). The molecule has 0 saturated heterocycles. The number of ether oxygens (including phenoxy) is 2. The lowest BCUT2D eigenvalue weighted by Gasteiger charge is -2.24. The minimum Gasteiger partial charge on any atom is -0.493 e. The van der Waals surface area contributed by atoms with Crippen LogP contribution in [0, 0.1) is 5.92 Å². The Morgan fingerprint density at radius 3 is 2.15 bits per heavy atom. The monoisotopic (exact) mass is 523 g/mol. The van der Waals surface area contributed by atoms with E-state index in [1.54, 1.807) is 24.3 Å². The van der Waals surface area contributed by atoms with Crippen LogP contribution in [-0.2, 0) is 11.2 Å². The highest BCUT2D eigenvalue weighted by Gasteiger charge is 2.24. The number of hydrogen-bond acceptors (Lipinski definition) is 4. The van der Waals surface area contributed by atoms with Crippen molar-refractivity contribution in [3.8, 4) is 22.6 Å². The third kappa shape index (κ3) is 6.77. The second-order valence-electron chi connectivity index (χ2n) is 9.93. The normalized spacial score (nSPS) is 13.0. The molecule has 4 aromatic carbocycles. The van der Waals surface area contributed by atoms with Crippen molar-refractivity contribution in [2.75, 3.05) is 19.8 Å². The van der Waals surface area contributed by atoms with Crippen LogP contribution in [0.1, 0.15) is 41.6 Å². The van der Waals surface area contributed by atoms with Crippen LogP contribution in [0.2, 0.25) is 0 Å². The van der Waals surface area contributed by atoms with Crippen molar-refractivity contribution < 1.29 is 24.2 Å². The Balaban J connectivity index is 1.08. The van der Waals surface area contributed by atoms with Gasteiger partial charge in [0.25, 0.3) is 0 Å². The molecule has 1 aliphatic carbocycles. The zero-order valence-electron chi connectivity index (χ0n) is 21.9. The Kier molecular flexibility index (Phi) is 8.42. The Bertz CT molecular complexity index is 1430. The smallest absolute Gasteiger partial charge is 0.335 e. The molecule has 6 nitrogen and oxygen atoms in total. The number of fused-ring (bicyclic) bond motifs is 1. The first kappa shape index (κ1) is 26.3. The quantitative estimate of drug-likeness (QED) is 0.207. The summed E-state index contributed by atoms with van der Waals surface area (Å²) < 4.78 is 11.9. The van der Waals surface area contributed by atoms with Gasteiger partial charge in [-0.15, -0.1) is 0 Å². The summed E-state index contributed by atoms with van der Waals surface area (Å²) in [5, 5.41) is 14.5. The number of carbonyl (C=O) groups is 2. The van der Waals surface area contributed by atoms with Gasteiger partial charge < -0.3 is 19.9 Å². The van der Waals surface area contributed by atoms with Crippen LogP contribution in [0.25, 0.3) is 21.9 Å². The number of benzene rings is 4.